The van der Waals surface area contributed by atoms with Crippen LogP contribution in [0.4, 0.5) is 11.4 Å². The van der Waals surface area contributed by atoms with Gasteiger partial charge in [-0.1, -0.05) is 176 Å². The van der Waals surface area contributed by atoms with Gasteiger partial charge in [0.25, 0.3) is 0 Å². The number of allylic oxidation sites excluding steroid dienone is 1. The molecule has 6 heteroatoms. The number of phenolic OH excluding ortho intramolecular Hbond substituents is 4. The van der Waals surface area contributed by atoms with E-state index in [9.17, 15) is 20.4 Å². The highest BCUT2D eigenvalue weighted by atomic mass is 16.3. The highest BCUT2D eigenvalue weighted by Crippen LogP contribution is 2.51. The minimum Gasteiger partial charge on any atom is -0.504 e. The number of hydrogen-bond acceptors (Lipinski definition) is 6. The lowest BCUT2D eigenvalue weighted by atomic mass is 9.94. The van der Waals surface area contributed by atoms with Gasteiger partial charge >= 0.3 is 0 Å². The van der Waals surface area contributed by atoms with E-state index < -0.39 is 23.0 Å². The second kappa shape index (κ2) is 17.9. The Labute approximate surface area is 384 Å². The van der Waals surface area contributed by atoms with Crippen LogP contribution in [0.25, 0.3) is 66.8 Å². The topological polar surface area (TPSA) is 96.5 Å². The molecule has 10 rings (SSSR count). The monoisotopic (exact) mass is 858 g/mol. The number of phenols is 4. The Morgan fingerprint density at radius 3 is 1.11 bits per heavy atom. The predicted octanol–water partition coefficient (Wildman–Crippen LogP) is 14.4. The average molecular weight is 859 g/mol. The fraction of sp³-hybridized carbons (Fsp3) is 0.0500. The molecule has 0 spiro atoms. The summed E-state index contributed by atoms with van der Waals surface area (Å²) in [5.41, 5.74) is 16.2. The summed E-state index contributed by atoms with van der Waals surface area (Å²) in [6.07, 6.45) is 4.42. The summed E-state index contributed by atoms with van der Waals surface area (Å²) >= 11 is 0. The number of hydrogen-bond donors (Lipinski definition) is 4. The maximum absolute atomic E-state index is 10.6. The molecule has 1 aliphatic heterocycles. The first-order valence-electron chi connectivity index (χ1n) is 22.0. The van der Waals surface area contributed by atoms with Crippen LogP contribution in [0.15, 0.2) is 223 Å². The maximum atomic E-state index is 10.6. The maximum Gasteiger partial charge on any atom is 0.204 e. The Bertz CT molecular complexity index is 2970. The molecule has 0 fully saturated rings. The first-order valence-corrected chi connectivity index (χ1v) is 22.0. The molecule has 1 aliphatic rings. The first-order chi connectivity index (χ1) is 32.3. The van der Waals surface area contributed by atoms with E-state index in [1.165, 1.54) is 0 Å². The van der Waals surface area contributed by atoms with Crippen molar-refractivity contribution >= 4 is 17.1 Å². The van der Waals surface area contributed by atoms with Crippen molar-refractivity contribution < 1.29 is 20.4 Å². The van der Waals surface area contributed by atoms with Gasteiger partial charge in [-0.2, -0.15) is 0 Å². The van der Waals surface area contributed by atoms with Gasteiger partial charge in [0, 0.05) is 22.5 Å². The van der Waals surface area contributed by atoms with Crippen LogP contribution >= 0.6 is 0 Å². The summed E-state index contributed by atoms with van der Waals surface area (Å²) in [5.74, 6) is -2.45. The summed E-state index contributed by atoms with van der Waals surface area (Å²) in [6, 6.07) is 71.8. The zero-order chi connectivity index (χ0) is 45.1. The van der Waals surface area contributed by atoms with E-state index in [4.69, 9.17) is 4.99 Å². The van der Waals surface area contributed by atoms with E-state index in [1.54, 1.807) is 6.92 Å². The van der Waals surface area contributed by atoms with E-state index in [2.05, 4.69) is 199 Å². The third-order valence-corrected chi connectivity index (χ3v) is 12.4. The lowest BCUT2D eigenvalue weighted by molar-refractivity contribution is 0.345. The number of nitrogens with zero attached hydrogens (tertiary/aromatic N) is 2. The normalized spacial score (nSPS) is 13.3. The van der Waals surface area contributed by atoms with Crippen molar-refractivity contribution in [3.8, 4) is 89.8 Å². The number of dihydropyridines is 1. The molecular formula is C60H46N2O4. The molecule has 1 heterocycles. The number of rotatable bonds is 10. The van der Waals surface area contributed by atoms with Gasteiger partial charge in [-0.15, -0.1) is 0 Å². The summed E-state index contributed by atoms with van der Waals surface area (Å²) in [4.78, 5) is 7.71. The van der Waals surface area contributed by atoms with Crippen molar-refractivity contribution in [3.05, 3.63) is 230 Å². The Hall–Kier alpha value is -8.61. The minimum atomic E-state index is -0.754. The predicted molar refractivity (Wildman–Crippen MR) is 270 cm³/mol. The number of benzene rings is 9. The quantitative estimate of drug-likeness (QED) is 0.0811. The number of aromatic hydroxyl groups is 4. The van der Waals surface area contributed by atoms with Crippen molar-refractivity contribution in [1.82, 2.24) is 0 Å². The summed E-state index contributed by atoms with van der Waals surface area (Å²) < 4.78 is 0. The van der Waals surface area contributed by atoms with E-state index >= 15 is 0 Å². The van der Waals surface area contributed by atoms with E-state index in [0.717, 1.165) is 78.3 Å². The molecule has 320 valence electrons. The average Bonchev–Trinajstić information content (AvgIpc) is 3.39. The van der Waals surface area contributed by atoms with Gasteiger partial charge in [-0.05, 0) is 116 Å². The van der Waals surface area contributed by atoms with Crippen molar-refractivity contribution in [3.63, 3.8) is 0 Å². The molecule has 0 bridgehead atoms. The van der Waals surface area contributed by atoms with E-state index in [-0.39, 0.29) is 17.2 Å². The van der Waals surface area contributed by atoms with E-state index in [0.29, 0.717) is 12.1 Å². The molecule has 9 aromatic carbocycles. The zero-order valence-corrected chi connectivity index (χ0v) is 36.3. The number of anilines is 2. The van der Waals surface area contributed by atoms with Gasteiger partial charge in [0.05, 0.1) is 18.3 Å². The van der Waals surface area contributed by atoms with Crippen molar-refractivity contribution in [1.29, 1.82) is 0 Å². The van der Waals surface area contributed by atoms with Gasteiger partial charge in [-0.25, -0.2) is 0 Å². The molecule has 6 nitrogen and oxygen atoms in total. The van der Waals surface area contributed by atoms with Crippen LogP contribution in [0.5, 0.6) is 23.0 Å². The second-order valence-corrected chi connectivity index (χ2v) is 16.6. The lowest BCUT2D eigenvalue weighted by Gasteiger charge is -2.34. The Morgan fingerprint density at radius 2 is 0.727 bits per heavy atom. The smallest absolute Gasteiger partial charge is 0.204 e. The van der Waals surface area contributed by atoms with E-state index in [1.807, 2.05) is 24.3 Å². The highest BCUT2D eigenvalue weighted by Gasteiger charge is 2.25. The molecule has 9 aromatic rings. The molecular weight excluding hydrogens is 813 g/mol. The Kier molecular flexibility index (Phi) is 11.2. The van der Waals surface area contributed by atoms with Gasteiger partial charge in [0.1, 0.15) is 0 Å². The van der Waals surface area contributed by atoms with Crippen molar-refractivity contribution in [2.45, 2.75) is 13.0 Å². The first kappa shape index (κ1) is 41.4. The van der Waals surface area contributed by atoms with Gasteiger partial charge in [0.2, 0.25) is 11.5 Å². The van der Waals surface area contributed by atoms with Crippen LogP contribution in [0.3, 0.4) is 0 Å². The van der Waals surface area contributed by atoms with Crippen LogP contribution in [-0.2, 0) is 0 Å². The SMILES string of the molecule is Cc1c(O)c(O)c(O)c(O)c1-c1ccc(-c2ccc(C3=NCC(N(c4cc(-c5ccccc5)cc(-c5ccccc5)c4)c4cc(-c5ccccc5)cc(-c5ccccc5)c4)C=C3)cc2)cc1. The molecule has 1 unspecified atom stereocenters. The summed E-state index contributed by atoms with van der Waals surface area (Å²) in [7, 11) is 0. The van der Waals surface area contributed by atoms with Crippen LogP contribution < -0.4 is 4.90 Å². The lowest BCUT2D eigenvalue weighted by Crippen LogP contribution is -2.34. The largest absolute Gasteiger partial charge is 0.504 e. The van der Waals surface area contributed by atoms with Crippen LogP contribution in [0.2, 0.25) is 0 Å². The van der Waals surface area contributed by atoms with Gasteiger partial charge in [-0.3, -0.25) is 4.99 Å². The Balaban J connectivity index is 1.02. The van der Waals surface area contributed by atoms with Crippen LogP contribution in [0, 0.1) is 6.92 Å². The molecule has 0 saturated carbocycles. The molecule has 0 saturated heterocycles. The third kappa shape index (κ3) is 8.20. The molecule has 4 N–H and O–H groups in total. The summed E-state index contributed by atoms with van der Waals surface area (Å²) in [5, 5.41) is 41.1. The zero-order valence-electron chi connectivity index (χ0n) is 36.3. The fourth-order valence-electron chi connectivity index (χ4n) is 8.92. The highest BCUT2D eigenvalue weighted by molar-refractivity contribution is 6.09. The number of aliphatic imine (C=N–C) groups is 1. The molecule has 1 atom stereocenters. The molecule has 66 heavy (non-hydrogen) atoms. The van der Waals surface area contributed by atoms with Gasteiger partial charge < -0.3 is 25.3 Å². The molecule has 0 aromatic heterocycles. The Morgan fingerprint density at radius 1 is 0.379 bits per heavy atom. The fourth-order valence-corrected chi connectivity index (χ4v) is 8.92. The van der Waals surface area contributed by atoms with Crippen LogP contribution in [-0.4, -0.2) is 38.7 Å². The van der Waals surface area contributed by atoms with Crippen molar-refractivity contribution in [2.75, 3.05) is 11.4 Å². The second-order valence-electron chi connectivity index (χ2n) is 16.6. The van der Waals surface area contributed by atoms with Crippen LogP contribution in [0.1, 0.15) is 11.1 Å². The third-order valence-electron chi connectivity index (χ3n) is 12.4. The standard InChI is InChI=1S/C60H46N2O4/c1-39-56(58(64)60(66)59(65)57(39)63)47-28-24-45(25-29-47)44-22-26-46(27-23-44)55-31-30-52(38-61-55)62(53-34-48(40-14-6-2-7-15-40)32-49(35-53)41-16-8-3-9-17-41)54-36-50(42-18-10-4-11-19-42)33-51(37-54)43-20-12-5-13-21-43/h2-37,52,63-66H,38H2,1H3. The van der Waals surface area contributed by atoms with Crippen molar-refractivity contribution in [2.24, 2.45) is 4.99 Å². The summed E-state index contributed by atoms with van der Waals surface area (Å²) in [6.45, 7) is 2.10. The van der Waals surface area contributed by atoms with Gasteiger partial charge in [0.15, 0.2) is 11.5 Å². The molecule has 0 aliphatic carbocycles. The molecule has 0 amide bonds. The minimum absolute atomic E-state index is 0.115. The molecule has 0 radical (unpaired) electrons.